The second kappa shape index (κ2) is 5.90. The SMILES string of the molecule is O=C(O)c1ccc(N2CCCc3ccccc3C2)c(Br)c1. The summed E-state index contributed by atoms with van der Waals surface area (Å²) in [4.78, 5) is 13.3. The molecule has 21 heavy (non-hydrogen) atoms. The molecule has 0 amide bonds. The van der Waals surface area contributed by atoms with E-state index in [2.05, 4.69) is 45.1 Å². The number of rotatable bonds is 2. The third-order valence-electron chi connectivity index (χ3n) is 3.89. The van der Waals surface area contributed by atoms with Gasteiger partial charge in [0.05, 0.1) is 11.3 Å². The molecule has 0 unspecified atom stereocenters. The van der Waals surface area contributed by atoms with Crippen molar-refractivity contribution in [3.63, 3.8) is 0 Å². The minimum absolute atomic E-state index is 0.306. The van der Waals surface area contributed by atoms with Gasteiger partial charge in [0.2, 0.25) is 0 Å². The van der Waals surface area contributed by atoms with Crippen molar-refractivity contribution in [2.75, 3.05) is 11.4 Å². The molecule has 1 N–H and O–H groups in total. The highest BCUT2D eigenvalue weighted by molar-refractivity contribution is 9.10. The Balaban J connectivity index is 1.92. The molecule has 0 fully saturated rings. The Morgan fingerprint density at radius 3 is 2.62 bits per heavy atom. The Morgan fingerprint density at radius 1 is 1.14 bits per heavy atom. The highest BCUT2D eigenvalue weighted by atomic mass is 79.9. The number of carbonyl (C=O) groups is 1. The number of aryl methyl sites for hydroxylation is 1. The van der Waals surface area contributed by atoms with Gasteiger partial charge < -0.3 is 10.0 Å². The van der Waals surface area contributed by atoms with Gasteiger partial charge in [0.25, 0.3) is 0 Å². The number of fused-ring (bicyclic) bond motifs is 1. The Bertz CT molecular complexity index is 684. The van der Waals surface area contributed by atoms with Crippen molar-refractivity contribution in [2.24, 2.45) is 0 Å². The third-order valence-corrected chi connectivity index (χ3v) is 4.52. The van der Waals surface area contributed by atoms with E-state index in [1.54, 1.807) is 12.1 Å². The summed E-state index contributed by atoms with van der Waals surface area (Å²) in [5.74, 6) is -0.900. The predicted octanol–water partition coefficient (Wildman–Crippen LogP) is 4.10. The number of carboxylic acids is 1. The zero-order valence-electron chi connectivity index (χ0n) is 11.6. The minimum atomic E-state index is -0.900. The number of anilines is 1. The Labute approximate surface area is 132 Å². The molecule has 0 aliphatic carbocycles. The second-order valence-electron chi connectivity index (χ2n) is 5.27. The molecule has 2 aromatic rings. The molecule has 1 aliphatic rings. The van der Waals surface area contributed by atoms with E-state index in [0.29, 0.717) is 5.56 Å². The molecule has 0 radical (unpaired) electrons. The fraction of sp³-hybridized carbons (Fsp3) is 0.235. The molecule has 108 valence electrons. The summed E-state index contributed by atoms with van der Waals surface area (Å²) >= 11 is 3.51. The lowest BCUT2D eigenvalue weighted by atomic mass is 10.0. The summed E-state index contributed by atoms with van der Waals surface area (Å²) in [5.41, 5.74) is 4.13. The Hall–Kier alpha value is -1.81. The Morgan fingerprint density at radius 2 is 1.90 bits per heavy atom. The van der Waals surface area contributed by atoms with Crippen LogP contribution in [0.1, 0.15) is 27.9 Å². The lowest BCUT2D eigenvalue weighted by Gasteiger charge is -2.24. The summed E-state index contributed by atoms with van der Waals surface area (Å²) in [6, 6.07) is 13.8. The molecular formula is C17H16BrNO2. The molecule has 0 aromatic heterocycles. The van der Waals surface area contributed by atoms with E-state index in [4.69, 9.17) is 5.11 Å². The topological polar surface area (TPSA) is 40.5 Å². The molecule has 0 saturated heterocycles. The lowest BCUT2D eigenvalue weighted by molar-refractivity contribution is 0.0697. The number of nitrogens with zero attached hydrogens (tertiary/aromatic N) is 1. The van der Waals surface area contributed by atoms with Crippen LogP contribution in [-0.2, 0) is 13.0 Å². The van der Waals surface area contributed by atoms with Crippen LogP contribution < -0.4 is 4.90 Å². The van der Waals surface area contributed by atoms with Crippen molar-refractivity contribution in [1.82, 2.24) is 0 Å². The average Bonchev–Trinajstić information content (AvgIpc) is 2.69. The third kappa shape index (κ3) is 2.95. The smallest absolute Gasteiger partial charge is 0.335 e. The molecule has 3 nitrogen and oxygen atoms in total. The maximum atomic E-state index is 11.0. The summed E-state index contributed by atoms with van der Waals surface area (Å²) in [5, 5.41) is 9.05. The molecule has 2 aromatic carbocycles. The molecule has 0 bridgehead atoms. The fourth-order valence-electron chi connectivity index (χ4n) is 2.80. The van der Waals surface area contributed by atoms with Gasteiger partial charge in [-0.15, -0.1) is 0 Å². The highest BCUT2D eigenvalue weighted by Crippen LogP contribution is 2.31. The number of aromatic carboxylic acids is 1. The first-order valence-corrected chi connectivity index (χ1v) is 7.79. The van der Waals surface area contributed by atoms with E-state index >= 15 is 0 Å². The number of hydrogen-bond acceptors (Lipinski definition) is 2. The van der Waals surface area contributed by atoms with Crippen LogP contribution in [0.25, 0.3) is 0 Å². The van der Waals surface area contributed by atoms with Gasteiger partial charge in [0.15, 0.2) is 0 Å². The summed E-state index contributed by atoms with van der Waals surface area (Å²) in [6.45, 7) is 1.83. The van der Waals surface area contributed by atoms with Crippen LogP contribution in [0.5, 0.6) is 0 Å². The summed E-state index contributed by atoms with van der Waals surface area (Å²) < 4.78 is 0.835. The van der Waals surface area contributed by atoms with Gasteiger partial charge in [-0.1, -0.05) is 24.3 Å². The van der Waals surface area contributed by atoms with Crippen molar-refractivity contribution < 1.29 is 9.90 Å². The van der Waals surface area contributed by atoms with Gasteiger partial charge in [-0.05, 0) is 58.1 Å². The molecule has 0 atom stereocenters. The first kappa shape index (κ1) is 14.1. The quantitative estimate of drug-likeness (QED) is 0.890. The zero-order valence-corrected chi connectivity index (χ0v) is 13.1. The van der Waals surface area contributed by atoms with Crippen LogP contribution in [0.15, 0.2) is 46.9 Å². The number of carboxylic acid groups (broad SMARTS) is 1. The highest BCUT2D eigenvalue weighted by Gasteiger charge is 2.17. The normalized spacial score (nSPS) is 14.4. The van der Waals surface area contributed by atoms with Crippen molar-refractivity contribution in [3.8, 4) is 0 Å². The molecular weight excluding hydrogens is 330 g/mol. The van der Waals surface area contributed by atoms with Crippen molar-refractivity contribution in [2.45, 2.75) is 19.4 Å². The van der Waals surface area contributed by atoms with Crippen LogP contribution >= 0.6 is 15.9 Å². The lowest BCUT2D eigenvalue weighted by Crippen LogP contribution is -2.23. The van der Waals surface area contributed by atoms with Crippen LogP contribution in [-0.4, -0.2) is 17.6 Å². The summed E-state index contributed by atoms with van der Waals surface area (Å²) in [6.07, 6.45) is 2.20. The van der Waals surface area contributed by atoms with Gasteiger partial charge in [-0.2, -0.15) is 0 Å². The monoisotopic (exact) mass is 345 g/mol. The zero-order chi connectivity index (χ0) is 14.8. The summed E-state index contributed by atoms with van der Waals surface area (Å²) in [7, 11) is 0. The maximum Gasteiger partial charge on any atom is 0.335 e. The van der Waals surface area contributed by atoms with Crippen molar-refractivity contribution in [1.29, 1.82) is 0 Å². The van der Waals surface area contributed by atoms with E-state index in [0.717, 1.165) is 36.1 Å². The van der Waals surface area contributed by atoms with Gasteiger partial charge >= 0.3 is 5.97 Å². The van der Waals surface area contributed by atoms with E-state index in [1.165, 1.54) is 11.1 Å². The largest absolute Gasteiger partial charge is 0.478 e. The second-order valence-corrected chi connectivity index (χ2v) is 6.12. The van der Waals surface area contributed by atoms with Crippen LogP contribution in [0.4, 0.5) is 5.69 Å². The van der Waals surface area contributed by atoms with E-state index in [1.807, 2.05) is 6.07 Å². The van der Waals surface area contributed by atoms with Crippen LogP contribution in [0, 0.1) is 0 Å². The van der Waals surface area contributed by atoms with E-state index in [9.17, 15) is 4.79 Å². The first-order valence-electron chi connectivity index (χ1n) is 7.00. The number of hydrogen-bond donors (Lipinski definition) is 1. The van der Waals surface area contributed by atoms with Gasteiger partial charge in [-0.25, -0.2) is 4.79 Å². The van der Waals surface area contributed by atoms with Gasteiger partial charge in [-0.3, -0.25) is 0 Å². The fourth-order valence-corrected chi connectivity index (χ4v) is 3.43. The molecule has 0 saturated carbocycles. The van der Waals surface area contributed by atoms with Crippen LogP contribution in [0.3, 0.4) is 0 Å². The minimum Gasteiger partial charge on any atom is -0.478 e. The van der Waals surface area contributed by atoms with E-state index in [-0.39, 0.29) is 0 Å². The predicted molar refractivity (Wildman–Crippen MR) is 86.9 cm³/mol. The van der Waals surface area contributed by atoms with Crippen molar-refractivity contribution in [3.05, 3.63) is 63.6 Å². The molecule has 1 aliphatic heterocycles. The standard InChI is InChI=1S/C17H16BrNO2/c18-15-10-13(17(20)21)7-8-16(15)19-9-3-6-12-4-1-2-5-14(12)11-19/h1-2,4-5,7-8,10H,3,6,9,11H2,(H,20,21). The molecule has 1 heterocycles. The number of benzene rings is 2. The molecule has 0 spiro atoms. The average molecular weight is 346 g/mol. The van der Waals surface area contributed by atoms with Crippen LogP contribution in [0.2, 0.25) is 0 Å². The molecule has 3 rings (SSSR count). The van der Waals surface area contributed by atoms with Crippen molar-refractivity contribution >= 4 is 27.6 Å². The Kier molecular flexibility index (Phi) is 3.97. The first-order chi connectivity index (χ1) is 10.1. The number of halogens is 1. The van der Waals surface area contributed by atoms with E-state index < -0.39 is 5.97 Å². The maximum absolute atomic E-state index is 11.0. The van der Waals surface area contributed by atoms with Gasteiger partial charge in [0, 0.05) is 17.6 Å². The molecule has 4 heteroatoms. The van der Waals surface area contributed by atoms with Gasteiger partial charge in [0.1, 0.15) is 0 Å².